The van der Waals surface area contributed by atoms with Crippen LogP contribution in [-0.4, -0.2) is 0 Å². The summed E-state index contributed by atoms with van der Waals surface area (Å²) in [6.07, 6.45) is 0. The number of benzene rings is 2. The van der Waals surface area contributed by atoms with E-state index in [0.29, 0.717) is 17.7 Å². The summed E-state index contributed by atoms with van der Waals surface area (Å²) in [5.74, 6) is -0.226. The zero-order chi connectivity index (χ0) is 12.1. The van der Waals surface area contributed by atoms with Gasteiger partial charge in [0.25, 0.3) is 0 Å². The molecular weight excluding hydrogens is 215 g/mol. The van der Waals surface area contributed by atoms with Gasteiger partial charge in [-0.15, -0.1) is 0 Å². The average Bonchev–Trinajstić information content (AvgIpc) is 2.38. The van der Waals surface area contributed by atoms with Crippen molar-refractivity contribution in [3.8, 4) is 6.07 Å². The lowest BCUT2D eigenvalue weighted by Crippen LogP contribution is -2.01. The van der Waals surface area contributed by atoms with Gasteiger partial charge in [-0.25, -0.2) is 4.39 Å². The fourth-order valence-electron chi connectivity index (χ4n) is 1.54. The van der Waals surface area contributed by atoms with Gasteiger partial charge in [-0.05, 0) is 24.3 Å². The van der Waals surface area contributed by atoms with Gasteiger partial charge in [0.05, 0.1) is 11.6 Å². The second kappa shape index (κ2) is 5.13. The predicted molar refractivity (Wildman–Crippen MR) is 64.9 cm³/mol. The molecule has 84 valence electrons. The standard InChI is InChI=1S/C14H11FN2/c15-14-7-2-1-5-12(14)10-17-13-6-3-4-11(8-13)9-16/h1-8,17H,10H2. The second-order valence-corrected chi connectivity index (χ2v) is 3.64. The number of hydrogen-bond donors (Lipinski definition) is 1. The third kappa shape index (κ3) is 2.82. The molecule has 0 aliphatic heterocycles. The van der Waals surface area contributed by atoms with E-state index in [4.69, 9.17) is 5.26 Å². The fourth-order valence-corrected chi connectivity index (χ4v) is 1.54. The van der Waals surface area contributed by atoms with E-state index in [-0.39, 0.29) is 5.82 Å². The minimum Gasteiger partial charge on any atom is -0.381 e. The molecule has 0 saturated carbocycles. The molecule has 0 spiro atoms. The number of hydrogen-bond acceptors (Lipinski definition) is 2. The summed E-state index contributed by atoms with van der Waals surface area (Å²) in [5, 5.41) is 11.8. The molecule has 3 heteroatoms. The molecule has 2 nitrogen and oxygen atoms in total. The normalized spacial score (nSPS) is 9.65. The van der Waals surface area contributed by atoms with E-state index < -0.39 is 0 Å². The molecule has 0 radical (unpaired) electrons. The molecule has 2 aromatic rings. The van der Waals surface area contributed by atoms with Crippen LogP contribution in [0.1, 0.15) is 11.1 Å². The van der Waals surface area contributed by atoms with Gasteiger partial charge in [0, 0.05) is 17.8 Å². The van der Waals surface area contributed by atoms with Crippen LogP contribution in [0.15, 0.2) is 48.5 Å². The Morgan fingerprint density at radius 1 is 1.12 bits per heavy atom. The number of rotatable bonds is 3. The van der Waals surface area contributed by atoms with Crippen LogP contribution in [-0.2, 0) is 6.54 Å². The fraction of sp³-hybridized carbons (Fsp3) is 0.0714. The van der Waals surface area contributed by atoms with Crippen molar-refractivity contribution in [2.45, 2.75) is 6.54 Å². The van der Waals surface area contributed by atoms with Crippen molar-refractivity contribution in [3.63, 3.8) is 0 Å². The molecule has 0 saturated heterocycles. The Morgan fingerprint density at radius 2 is 1.94 bits per heavy atom. The van der Waals surface area contributed by atoms with Gasteiger partial charge >= 0.3 is 0 Å². The Labute approximate surface area is 99.3 Å². The SMILES string of the molecule is N#Cc1cccc(NCc2ccccc2F)c1. The zero-order valence-electron chi connectivity index (χ0n) is 9.15. The van der Waals surface area contributed by atoms with Crippen molar-refractivity contribution >= 4 is 5.69 Å². The molecule has 0 fully saturated rings. The van der Waals surface area contributed by atoms with E-state index in [1.165, 1.54) is 6.07 Å². The summed E-state index contributed by atoms with van der Waals surface area (Å²) < 4.78 is 13.3. The lowest BCUT2D eigenvalue weighted by Gasteiger charge is -2.07. The summed E-state index contributed by atoms with van der Waals surface area (Å²) in [4.78, 5) is 0. The average molecular weight is 226 g/mol. The van der Waals surface area contributed by atoms with Crippen LogP contribution in [0, 0.1) is 17.1 Å². The van der Waals surface area contributed by atoms with Crippen molar-refractivity contribution in [3.05, 3.63) is 65.5 Å². The molecule has 0 atom stereocenters. The predicted octanol–water partition coefficient (Wildman–Crippen LogP) is 3.31. The highest BCUT2D eigenvalue weighted by molar-refractivity contribution is 5.49. The molecule has 0 bridgehead atoms. The summed E-state index contributed by atoms with van der Waals surface area (Å²) in [5.41, 5.74) is 2.01. The molecule has 2 aromatic carbocycles. The highest BCUT2D eigenvalue weighted by atomic mass is 19.1. The smallest absolute Gasteiger partial charge is 0.128 e. The number of nitrogens with one attached hydrogen (secondary N) is 1. The van der Waals surface area contributed by atoms with Gasteiger partial charge in [0.15, 0.2) is 0 Å². The molecule has 1 N–H and O–H groups in total. The Hall–Kier alpha value is -2.34. The van der Waals surface area contributed by atoms with Crippen LogP contribution >= 0.6 is 0 Å². The van der Waals surface area contributed by atoms with Crippen molar-refractivity contribution in [1.82, 2.24) is 0 Å². The first-order valence-electron chi connectivity index (χ1n) is 5.27. The monoisotopic (exact) mass is 226 g/mol. The Kier molecular flexibility index (Phi) is 3.37. The van der Waals surface area contributed by atoms with Gasteiger partial charge in [-0.3, -0.25) is 0 Å². The molecule has 0 heterocycles. The first-order chi connectivity index (χ1) is 8.29. The lowest BCUT2D eigenvalue weighted by molar-refractivity contribution is 0.613. The van der Waals surface area contributed by atoms with Gasteiger partial charge in [-0.1, -0.05) is 24.3 Å². The summed E-state index contributed by atoms with van der Waals surface area (Å²) in [6, 6.07) is 15.8. The molecule has 0 aliphatic rings. The van der Waals surface area contributed by atoms with Crippen LogP contribution < -0.4 is 5.32 Å². The van der Waals surface area contributed by atoms with Crippen molar-refractivity contribution < 1.29 is 4.39 Å². The van der Waals surface area contributed by atoms with E-state index in [2.05, 4.69) is 11.4 Å². The van der Waals surface area contributed by atoms with Crippen LogP contribution in [0.5, 0.6) is 0 Å². The summed E-state index contributed by atoms with van der Waals surface area (Å²) in [6.45, 7) is 0.404. The van der Waals surface area contributed by atoms with E-state index in [1.54, 1.807) is 36.4 Å². The third-order valence-corrected chi connectivity index (χ3v) is 2.43. The van der Waals surface area contributed by atoms with E-state index in [0.717, 1.165) is 5.69 Å². The van der Waals surface area contributed by atoms with Gasteiger partial charge < -0.3 is 5.32 Å². The maximum Gasteiger partial charge on any atom is 0.128 e. The van der Waals surface area contributed by atoms with Crippen molar-refractivity contribution in [2.24, 2.45) is 0 Å². The third-order valence-electron chi connectivity index (χ3n) is 2.43. The van der Waals surface area contributed by atoms with Crippen LogP contribution in [0.4, 0.5) is 10.1 Å². The van der Waals surface area contributed by atoms with Crippen LogP contribution in [0.2, 0.25) is 0 Å². The molecule has 0 unspecified atom stereocenters. The highest BCUT2D eigenvalue weighted by Crippen LogP contribution is 2.13. The largest absolute Gasteiger partial charge is 0.381 e. The van der Waals surface area contributed by atoms with Crippen LogP contribution in [0.3, 0.4) is 0 Å². The Morgan fingerprint density at radius 3 is 2.71 bits per heavy atom. The maximum absolute atomic E-state index is 13.3. The second-order valence-electron chi connectivity index (χ2n) is 3.64. The minimum atomic E-state index is -0.226. The summed E-state index contributed by atoms with van der Waals surface area (Å²) >= 11 is 0. The number of nitriles is 1. The van der Waals surface area contributed by atoms with Gasteiger partial charge in [-0.2, -0.15) is 5.26 Å². The first kappa shape index (κ1) is 11.2. The van der Waals surface area contributed by atoms with Crippen molar-refractivity contribution in [2.75, 3.05) is 5.32 Å². The molecular formula is C14H11FN2. The van der Waals surface area contributed by atoms with Crippen LogP contribution in [0.25, 0.3) is 0 Å². The van der Waals surface area contributed by atoms with E-state index in [9.17, 15) is 4.39 Å². The first-order valence-corrected chi connectivity index (χ1v) is 5.27. The minimum absolute atomic E-state index is 0.226. The summed E-state index contributed by atoms with van der Waals surface area (Å²) in [7, 11) is 0. The Balaban J connectivity index is 2.08. The topological polar surface area (TPSA) is 35.8 Å². The van der Waals surface area contributed by atoms with Crippen molar-refractivity contribution in [1.29, 1.82) is 5.26 Å². The highest BCUT2D eigenvalue weighted by Gasteiger charge is 2.00. The molecule has 0 aromatic heterocycles. The molecule has 0 amide bonds. The number of anilines is 1. The van der Waals surface area contributed by atoms with Gasteiger partial charge in [0.1, 0.15) is 5.82 Å². The Bertz CT molecular complexity index is 558. The zero-order valence-corrected chi connectivity index (χ0v) is 9.15. The quantitative estimate of drug-likeness (QED) is 0.871. The van der Waals surface area contributed by atoms with Gasteiger partial charge in [0.2, 0.25) is 0 Å². The molecule has 0 aliphatic carbocycles. The number of nitrogens with zero attached hydrogens (tertiary/aromatic N) is 1. The number of halogens is 1. The molecule has 2 rings (SSSR count). The van der Waals surface area contributed by atoms with E-state index in [1.807, 2.05) is 6.07 Å². The van der Waals surface area contributed by atoms with E-state index >= 15 is 0 Å². The maximum atomic E-state index is 13.3. The lowest BCUT2D eigenvalue weighted by atomic mass is 10.2. The molecule has 17 heavy (non-hydrogen) atoms.